The summed E-state index contributed by atoms with van der Waals surface area (Å²) in [7, 11) is -4.03. The smallest absolute Gasteiger partial charge is 0.255 e. The number of benzene rings is 2. The van der Waals surface area contributed by atoms with Crippen molar-refractivity contribution < 1.29 is 37.3 Å². The van der Waals surface area contributed by atoms with E-state index in [1.165, 1.54) is 25.1 Å². The molecule has 2 aliphatic rings. The highest BCUT2D eigenvalue weighted by atomic mass is 35.5. The number of aliphatic hydroxyl groups excluding tert-OH is 2. The number of anilines is 1. The molecule has 1 unspecified atom stereocenters. The van der Waals surface area contributed by atoms with E-state index in [2.05, 4.69) is 5.32 Å². The van der Waals surface area contributed by atoms with E-state index in [1.54, 1.807) is 0 Å². The number of hydrogen-bond donors (Lipinski definition) is 4. The van der Waals surface area contributed by atoms with Crippen molar-refractivity contribution in [2.75, 3.05) is 5.32 Å². The molecule has 6 atom stereocenters. The Labute approximate surface area is 206 Å². The Morgan fingerprint density at radius 1 is 1.09 bits per heavy atom. The second kappa shape index (κ2) is 9.40. The lowest BCUT2D eigenvalue weighted by Gasteiger charge is -2.46. The third kappa shape index (κ3) is 4.58. The summed E-state index contributed by atoms with van der Waals surface area (Å²) in [4.78, 5) is 12.4. The standard InChI is InChI=1S/C24H26ClF2NO6S/c1-12(29)22(30)24(32)14-3-4-15(24)10-17(9-14)35(33,34)21-8-13(2-6-18(21)25)23(31)28-16-5-7-19(26)20(27)11-16/h2,5-8,11-12,14-15,17,22,29-30,32H,3-4,9-10H2,1H3,(H,28,31)/t12-,14-,15?,17-,22-,24-/m0/s1. The van der Waals surface area contributed by atoms with Crippen LogP contribution in [0.2, 0.25) is 5.02 Å². The Morgan fingerprint density at radius 2 is 1.71 bits per heavy atom. The Kier molecular flexibility index (Phi) is 6.98. The van der Waals surface area contributed by atoms with Gasteiger partial charge in [-0.2, -0.15) is 0 Å². The number of sulfone groups is 1. The van der Waals surface area contributed by atoms with Crippen LogP contribution in [-0.2, 0) is 9.84 Å². The molecule has 7 nitrogen and oxygen atoms in total. The minimum absolute atomic E-state index is 0.00642. The van der Waals surface area contributed by atoms with E-state index in [0.717, 1.165) is 18.2 Å². The highest BCUT2D eigenvalue weighted by molar-refractivity contribution is 7.92. The van der Waals surface area contributed by atoms with Crippen molar-refractivity contribution in [3.05, 3.63) is 58.6 Å². The van der Waals surface area contributed by atoms with E-state index in [9.17, 15) is 37.3 Å². The van der Waals surface area contributed by atoms with Gasteiger partial charge in [-0.05, 0) is 74.8 Å². The molecule has 2 saturated carbocycles. The molecule has 2 bridgehead atoms. The molecule has 2 aromatic carbocycles. The predicted octanol–water partition coefficient (Wildman–Crippen LogP) is 3.31. The van der Waals surface area contributed by atoms with Gasteiger partial charge in [0.15, 0.2) is 21.5 Å². The quantitative estimate of drug-likeness (QED) is 0.455. The van der Waals surface area contributed by atoms with Crippen LogP contribution in [0.4, 0.5) is 14.5 Å². The fourth-order valence-electron chi connectivity index (χ4n) is 5.48. The van der Waals surface area contributed by atoms with Gasteiger partial charge in [0.1, 0.15) is 6.10 Å². The number of rotatable bonds is 6. The van der Waals surface area contributed by atoms with Gasteiger partial charge in [-0.1, -0.05) is 11.6 Å². The molecule has 11 heteroatoms. The van der Waals surface area contributed by atoms with Crippen LogP contribution < -0.4 is 5.32 Å². The molecule has 35 heavy (non-hydrogen) atoms. The monoisotopic (exact) mass is 529 g/mol. The maximum atomic E-state index is 13.6. The summed E-state index contributed by atoms with van der Waals surface area (Å²) >= 11 is 6.21. The maximum Gasteiger partial charge on any atom is 0.255 e. The number of halogens is 3. The van der Waals surface area contributed by atoms with Crippen LogP contribution in [0.1, 0.15) is 43.0 Å². The number of amides is 1. The lowest BCUT2D eigenvalue weighted by Crippen LogP contribution is -2.58. The first kappa shape index (κ1) is 26.0. The minimum Gasteiger partial charge on any atom is -0.391 e. The van der Waals surface area contributed by atoms with Gasteiger partial charge in [0.05, 0.1) is 26.9 Å². The van der Waals surface area contributed by atoms with Crippen molar-refractivity contribution >= 4 is 33.0 Å². The first-order valence-electron chi connectivity index (χ1n) is 11.2. The SMILES string of the molecule is C[C@H](O)[C@H](O)[C@@]1(O)C2CC[C@H]1C[C@H](S(=O)(=O)c1cc(C(=O)Nc3ccc(F)c(F)c3)ccc1Cl)C2. The molecule has 190 valence electrons. The van der Waals surface area contributed by atoms with Crippen molar-refractivity contribution in [1.29, 1.82) is 0 Å². The molecule has 2 aromatic rings. The van der Waals surface area contributed by atoms with Crippen molar-refractivity contribution in [3.8, 4) is 0 Å². The van der Waals surface area contributed by atoms with Gasteiger partial charge in [-0.3, -0.25) is 4.79 Å². The average molecular weight is 530 g/mol. The summed E-state index contributed by atoms with van der Waals surface area (Å²) < 4.78 is 53.7. The van der Waals surface area contributed by atoms with Gasteiger partial charge in [0.2, 0.25) is 0 Å². The Morgan fingerprint density at radius 3 is 2.29 bits per heavy atom. The van der Waals surface area contributed by atoms with E-state index in [-0.39, 0.29) is 34.0 Å². The zero-order chi connectivity index (χ0) is 25.7. The van der Waals surface area contributed by atoms with Gasteiger partial charge >= 0.3 is 0 Å². The Balaban J connectivity index is 1.59. The van der Waals surface area contributed by atoms with Gasteiger partial charge < -0.3 is 20.6 Å². The van der Waals surface area contributed by atoms with E-state index in [0.29, 0.717) is 12.8 Å². The van der Waals surface area contributed by atoms with Gasteiger partial charge in [-0.15, -0.1) is 0 Å². The zero-order valence-electron chi connectivity index (χ0n) is 18.8. The number of hydrogen-bond acceptors (Lipinski definition) is 6. The highest BCUT2D eigenvalue weighted by Gasteiger charge is 2.59. The predicted molar refractivity (Wildman–Crippen MR) is 125 cm³/mol. The summed E-state index contributed by atoms with van der Waals surface area (Å²) in [6.45, 7) is 1.38. The van der Waals surface area contributed by atoms with Crippen LogP contribution >= 0.6 is 11.6 Å². The van der Waals surface area contributed by atoms with E-state index in [1.807, 2.05) is 0 Å². The van der Waals surface area contributed by atoms with Crippen LogP contribution in [0.15, 0.2) is 41.3 Å². The minimum atomic E-state index is -4.03. The number of nitrogens with one attached hydrogen (secondary N) is 1. The maximum absolute atomic E-state index is 13.6. The summed E-state index contributed by atoms with van der Waals surface area (Å²) in [6.07, 6.45) is -1.39. The molecular weight excluding hydrogens is 504 g/mol. The molecule has 0 heterocycles. The summed E-state index contributed by atoms with van der Waals surface area (Å²) in [5.41, 5.74) is -1.62. The lowest BCUT2D eigenvalue weighted by molar-refractivity contribution is -0.172. The third-order valence-corrected chi connectivity index (χ3v) is 9.97. The van der Waals surface area contributed by atoms with Crippen LogP contribution in [0.3, 0.4) is 0 Å². The number of carbonyl (C=O) groups excluding carboxylic acids is 1. The van der Waals surface area contributed by atoms with Gasteiger partial charge in [0.25, 0.3) is 5.91 Å². The molecule has 2 fully saturated rings. The largest absolute Gasteiger partial charge is 0.391 e. The van der Waals surface area contributed by atoms with Crippen molar-refractivity contribution in [2.45, 2.75) is 60.6 Å². The van der Waals surface area contributed by atoms with Crippen molar-refractivity contribution in [3.63, 3.8) is 0 Å². The molecule has 0 spiro atoms. The summed E-state index contributed by atoms with van der Waals surface area (Å²) in [5, 5.41) is 32.9. The number of aliphatic hydroxyl groups is 3. The number of fused-ring (bicyclic) bond motifs is 2. The van der Waals surface area contributed by atoms with E-state index < -0.39 is 62.3 Å². The molecular formula is C24H26ClF2NO6S. The molecule has 4 N–H and O–H groups in total. The molecule has 0 radical (unpaired) electrons. The van der Waals surface area contributed by atoms with Crippen LogP contribution in [0.5, 0.6) is 0 Å². The molecule has 0 saturated heterocycles. The fraction of sp³-hybridized carbons (Fsp3) is 0.458. The lowest BCUT2D eigenvalue weighted by atomic mass is 9.70. The Hall–Kier alpha value is -2.11. The molecule has 2 aliphatic carbocycles. The van der Waals surface area contributed by atoms with E-state index >= 15 is 0 Å². The van der Waals surface area contributed by atoms with Crippen LogP contribution in [0, 0.1) is 23.5 Å². The first-order chi connectivity index (χ1) is 16.4. The molecule has 0 aliphatic heterocycles. The van der Waals surface area contributed by atoms with Crippen LogP contribution in [-0.4, -0.2) is 52.7 Å². The summed E-state index contributed by atoms with van der Waals surface area (Å²) in [5.74, 6) is -4.00. The van der Waals surface area contributed by atoms with E-state index in [4.69, 9.17) is 11.6 Å². The topological polar surface area (TPSA) is 124 Å². The zero-order valence-corrected chi connectivity index (χ0v) is 20.4. The molecule has 4 rings (SSSR count). The van der Waals surface area contributed by atoms with Crippen molar-refractivity contribution in [1.82, 2.24) is 0 Å². The number of carbonyl (C=O) groups is 1. The first-order valence-corrected chi connectivity index (χ1v) is 13.2. The average Bonchev–Trinajstić information content (AvgIpc) is 2.97. The molecule has 0 aromatic heterocycles. The van der Waals surface area contributed by atoms with Gasteiger partial charge in [0, 0.05) is 17.3 Å². The second-order valence-corrected chi connectivity index (χ2v) is 12.0. The second-order valence-electron chi connectivity index (χ2n) is 9.41. The van der Waals surface area contributed by atoms with Gasteiger partial charge in [-0.25, -0.2) is 17.2 Å². The van der Waals surface area contributed by atoms with Crippen LogP contribution in [0.25, 0.3) is 0 Å². The highest BCUT2D eigenvalue weighted by Crippen LogP contribution is 2.54. The normalized spacial score (nSPS) is 27.9. The molecule has 1 amide bonds. The summed E-state index contributed by atoms with van der Waals surface area (Å²) in [6, 6.07) is 6.57. The van der Waals surface area contributed by atoms with Crippen molar-refractivity contribution in [2.24, 2.45) is 11.8 Å². The Bertz CT molecular complexity index is 1240. The fourth-order valence-corrected chi connectivity index (χ4v) is 7.89. The third-order valence-electron chi connectivity index (χ3n) is 7.31.